The lowest BCUT2D eigenvalue weighted by atomic mass is 9.92. The third kappa shape index (κ3) is 3.42. The summed E-state index contributed by atoms with van der Waals surface area (Å²) in [7, 11) is 0. The number of nitrogens with zero attached hydrogens (tertiary/aromatic N) is 3. The summed E-state index contributed by atoms with van der Waals surface area (Å²) in [5.41, 5.74) is 8.40. The van der Waals surface area contributed by atoms with Crippen LogP contribution in [0.25, 0.3) is 0 Å². The number of rotatable bonds is 3. The van der Waals surface area contributed by atoms with Crippen molar-refractivity contribution in [3.05, 3.63) is 35.4 Å². The molecule has 0 bridgehead atoms. The van der Waals surface area contributed by atoms with Gasteiger partial charge in [0.05, 0.1) is 11.5 Å². The Hall–Kier alpha value is -3.16. The molecule has 0 spiro atoms. The van der Waals surface area contributed by atoms with E-state index in [9.17, 15) is 9.59 Å². The zero-order chi connectivity index (χ0) is 19.0. The third-order valence-electron chi connectivity index (χ3n) is 4.95. The first-order valence-corrected chi connectivity index (χ1v) is 9.11. The van der Waals surface area contributed by atoms with Crippen molar-refractivity contribution in [1.82, 2.24) is 9.97 Å². The number of hydrogen-bond acceptors (Lipinski definition) is 6. The van der Waals surface area contributed by atoms with Crippen molar-refractivity contribution in [2.75, 3.05) is 34.4 Å². The minimum atomic E-state index is -0.720. The highest BCUT2D eigenvalue weighted by Crippen LogP contribution is 2.37. The predicted octanol–water partition coefficient (Wildman–Crippen LogP) is 2.03. The smallest absolute Gasteiger partial charge is 0.232 e. The van der Waals surface area contributed by atoms with Crippen LogP contribution in [0.2, 0.25) is 0 Å². The van der Waals surface area contributed by atoms with Crippen LogP contribution in [0.3, 0.4) is 0 Å². The van der Waals surface area contributed by atoms with Crippen LogP contribution in [-0.4, -0.2) is 34.9 Å². The summed E-state index contributed by atoms with van der Waals surface area (Å²) in [5.74, 6) is -0.180. The van der Waals surface area contributed by atoms with Crippen LogP contribution in [0, 0.1) is 6.92 Å². The monoisotopic (exact) mass is 366 g/mol. The molecular weight excluding hydrogens is 344 g/mol. The number of nitrogen functional groups attached to an aromatic ring is 1. The van der Waals surface area contributed by atoms with Crippen LogP contribution in [0.15, 0.2) is 24.3 Å². The largest absolute Gasteiger partial charge is 0.383 e. The molecule has 1 aromatic heterocycles. The molecule has 0 saturated carbocycles. The van der Waals surface area contributed by atoms with Crippen molar-refractivity contribution in [3.8, 4) is 0 Å². The van der Waals surface area contributed by atoms with E-state index in [4.69, 9.17) is 5.73 Å². The number of nitrogens with one attached hydrogen (secondary N) is 2. The van der Waals surface area contributed by atoms with E-state index in [1.807, 2.05) is 36.1 Å². The molecule has 2 aliphatic rings. The van der Waals surface area contributed by atoms with E-state index in [1.54, 1.807) is 0 Å². The van der Waals surface area contributed by atoms with Gasteiger partial charge in [0, 0.05) is 25.2 Å². The molecule has 27 heavy (non-hydrogen) atoms. The average Bonchev–Trinajstić information content (AvgIpc) is 3.15. The summed E-state index contributed by atoms with van der Waals surface area (Å²) in [6.07, 6.45) is 2.17. The lowest BCUT2D eigenvalue weighted by Gasteiger charge is -2.26. The summed E-state index contributed by atoms with van der Waals surface area (Å²) < 4.78 is 0. The molecule has 0 unspecified atom stereocenters. The van der Waals surface area contributed by atoms with Crippen molar-refractivity contribution >= 4 is 35.1 Å². The molecular formula is C19H22N6O2. The summed E-state index contributed by atoms with van der Waals surface area (Å²) in [4.78, 5) is 36.0. The molecule has 4 N–H and O–H groups in total. The zero-order valence-corrected chi connectivity index (χ0v) is 15.2. The van der Waals surface area contributed by atoms with Crippen LogP contribution < -0.4 is 21.3 Å². The van der Waals surface area contributed by atoms with E-state index in [0.717, 1.165) is 31.5 Å². The first kappa shape index (κ1) is 17.3. The van der Waals surface area contributed by atoms with Gasteiger partial charge < -0.3 is 21.3 Å². The second kappa shape index (κ2) is 6.86. The number of hydrogen-bond donors (Lipinski definition) is 3. The second-order valence-electron chi connectivity index (χ2n) is 7.03. The second-order valence-corrected chi connectivity index (χ2v) is 7.03. The number of anilines is 4. The Morgan fingerprint density at radius 2 is 2.07 bits per heavy atom. The number of fused-ring (bicyclic) bond motifs is 1. The number of carbonyl (C=O) groups is 2. The van der Waals surface area contributed by atoms with Gasteiger partial charge in [-0.1, -0.05) is 12.1 Å². The maximum atomic E-state index is 12.9. The van der Waals surface area contributed by atoms with Crippen molar-refractivity contribution in [1.29, 1.82) is 0 Å². The van der Waals surface area contributed by atoms with Crippen molar-refractivity contribution in [2.45, 2.75) is 32.1 Å². The Kier molecular flexibility index (Phi) is 4.39. The molecule has 1 saturated heterocycles. The Labute approximate surface area is 157 Å². The molecule has 140 valence electrons. The third-order valence-corrected chi connectivity index (χ3v) is 4.95. The summed E-state index contributed by atoms with van der Waals surface area (Å²) >= 11 is 0. The van der Waals surface area contributed by atoms with Crippen LogP contribution in [0.5, 0.6) is 0 Å². The SMILES string of the molecule is Cc1cccc(NC(=O)[C@H]2CC(=O)Nc3nc(N4CCCC4)nc(N)c32)c1. The number of benzene rings is 1. The van der Waals surface area contributed by atoms with Gasteiger partial charge >= 0.3 is 0 Å². The number of amides is 2. The number of carbonyl (C=O) groups excluding carboxylic acids is 2. The normalized spacial score (nSPS) is 18.8. The number of aromatic nitrogens is 2. The molecule has 8 heteroatoms. The molecule has 4 rings (SSSR count). The zero-order valence-electron chi connectivity index (χ0n) is 15.2. The molecule has 2 aliphatic heterocycles. The summed E-state index contributed by atoms with van der Waals surface area (Å²) in [6.45, 7) is 3.68. The van der Waals surface area contributed by atoms with Gasteiger partial charge in [0.1, 0.15) is 11.6 Å². The molecule has 1 atom stereocenters. The minimum Gasteiger partial charge on any atom is -0.383 e. The molecule has 2 aromatic rings. The fourth-order valence-electron chi connectivity index (χ4n) is 3.62. The van der Waals surface area contributed by atoms with Crippen LogP contribution in [-0.2, 0) is 9.59 Å². The minimum absolute atomic E-state index is 0.0151. The van der Waals surface area contributed by atoms with Gasteiger partial charge in [-0.15, -0.1) is 0 Å². The molecule has 3 heterocycles. The van der Waals surface area contributed by atoms with Crippen LogP contribution >= 0.6 is 0 Å². The van der Waals surface area contributed by atoms with E-state index in [0.29, 0.717) is 23.0 Å². The summed E-state index contributed by atoms with van der Waals surface area (Å²) in [6, 6.07) is 7.50. The van der Waals surface area contributed by atoms with Gasteiger partial charge in [-0.05, 0) is 37.5 Å². The van der Waals surface area contributed by atoms with E-state index in [1.165, 1.54) is 0 Å². The van der Waals surface area contributed by atoms with Gasteiger partial charge in [0.15, 0.2) is 0 Å². The fraction of sp³-hybridized carbons (Fsp3) is 0.368. The lowest BCUT2D eigenvalue weighted by Crippen LogP contribution is -2.33. The highest BCUT2D eigenvalue weighted by Gasteiger charge is 2.35. The predicted molar refractivity (Wildman–Crippen MR) is 104 cm³/mol. The van der Waals surface area contributed by atoms with E-state index in [2.05, 4.69) is 20.6 Å². The number of nitrogens with two attached hydrogens (primary N) is 1. The quantitative estimate of drug-likeness (QED) is 0.766. The maximum Gasteiger partial charge on any atom is 0.232 e. The highest BCUT2D eigenvalue weighted by atomic mass is 16.2. The van der Waals surface area contributed by atoms with Crippen LogP contribution in [0.1, 0.15) is 36.3 Å². The van der Waals surface area contributed by atoms with Gasteiger partial charge in [0.2, 0.25) is 17.8 Å². The maximum absolute atomic E-state index is 12.9. The molecule has 2 amide bonds. The Morgan fingerprint density at radius 1 is 1.30 bits per heavy atom. The first-order valence-electron chi connectivity index (χ1n) is 9.11. The number of aryl methyl sites for hydroxylation is 1. The average molecular weight is 366 g/mol. The Balaban J connectivity index is 1.65. The van der Waals surface area contributed by atoms with Gasteiger partial charge in [-0.3, -0.25) is 9.59 Å². The van der Waals surface area contributed by atoms with Crippen molar-refractivity contribution < 1.29 is 9.59 Å². The standard InChI is InChI=1S/C19H22N6O2/c1-11-5-4-6-12(9-11)21-18(27)13-10-14(26)22-17-15(13)16(20)23-19(24-17)25-7-2-3-8-25/h4-6,9,13H,2-3,7-8,10H2,1H3,(H,21,27)(H3,20,22,23,24,26)/t13-/m0/s1. The molecule has 0 radical (unpaired) electrons. The van der Waals surface area contributed by atoms with Crippen molar-refractivity contribution in [2.24, 2.45) is 0 Å². The van der Waals surface area contributed by atoms with Gasteiger partial charge in [-0.25, -0.2) is 0 Å². The van der Waals surface area contributed by atoms with Crippen molar-refractivity contribution in [3.63, 3.8) is 0 Å². The van der Waals surface area contributed by atoms with Crippen LogP contribution in [0.4, 0.5) is 23.3 Å². The molecule has 1 fully saturated rings. The van der Waals surface area contributed by atoms with E-state index in [-0.39, 0.29) is 24.1 Å². The van der Waals surface area contributed by atoms with E-state index < -0.39 is 5.92 Å². The van der Waals surface area contributed by atoms with E-state index >= 15 is 0 Å². The summed E-state index contributed by atoms with van der Waals surface area (Å²) in [5, 5.41) is 5.62. The Morgan fingerprint density at radius 3 is 2.81 bits per heavy atom. The topological polar surface area (TPSA) is 113 Å². The molecule has 0 aliphatic carbocycles. The molecule has 8 nitrogen and oxygen atoms in total. The van der Waals surface area contributed by atoms with Gasteiger partial charge in [-0.2, -0.15) is 9.97 Å². The van der Waals surface area contributed by atoms with Gasteiger partial charge in [0.25, 0.3) is 0 Å². The first-order chi connectivity index (χ1) is 13.0. The highest BCUT2D eigenvalue weighted by molar-refractivity contribution is 6.05. The fourth-order valence-corrected chi connectivity index (χ4v) is 3.62. The Bertz CT molecular complexity index is 907. The molecule has 1 aromatic carbocycles. The lowest BCUT2D eigenvalue weighted by molar-refractivity contribution is -0.123.